The van der Waals surface area contributed by atoms with Crippen LogP contribution in [0, 0.1) is 0 Å². The van der Waals surface area contributed by atoms with Gasteiger partial charge >= 0.3 is 0 Å². The third-order valence-corrected chi connectivity index (χ3v) is 18.3. The quantitative estimate of drug-likeness (QED) is 0.0321. The van der Waals surface area contributed by atoms with Crippen LogP contribution in [0.15, 0.2) is 357 Å². The third-order valence-electron chi connectivity index (χ3n) is 18.3. The van der Waals surface area contributed by atoms with E-state index in [1.165, 1.54) is 5.56 Å². The maximum Gasteiger partial charge on any atom is 0.119 e. The normalized spacial score (nSPS) is 12.1. The summed E-state index contributed by atoms with van der Waals surface area (Å²) in [5.41, 5.74) is 22.1. The lowest BCUT2D eigenvalue weighted by Gasteiger charge is -2.28. The Hall–Kier alpha value is -12.7. The van der Waals surface area contributed by atoms with Gasteiger partial charge < -0.3 is 48.0 Å². The number of hydrogen-bond acceptors (Lipinski definition) is 10. The van der Waals surface area contributed by atoms with Crippen LogP contribution in [-0.4, -0.2) is 42.7 Å². The summed E-state index contributed by atoms with van der Waals surface area (Å²) in [4.78, 5) is 9.13. The lowest BCUT2D eigenvalue weighted by atomic mass is 10.0. The Morgan fingerprint density at radius 3 is 1.01 bits per heavy atom. The van der Waals surface area contributed by atoms with Crippen molar-refractivity contribution < 1.29 is 28.4 Å². The molecule has 0 atom stereocenters. The van der Waals surface area contributed by atoms with Gasteiger partial charge in [0.1, 0.15) is 28.7 Å². The van der Waals surface area contributed by atoms with Crippen LogP contribution in [-0.2, 0) is 11.2 Å². The zero-order chi connectivity index (χ0) is 72.7. The fourth-order valence-corrected chi connectivity index (χ4v) is 12.5. The van der Waals surface area contributed by atoms with Crippen LogP contribution in [0.5, 0.6) is 28.7 Å². The van der Waals surface area contributed by atoms with Crippen molar-refractivity contribution in [2.75, 3.05) is 62.3 Å². The van der Waals surface area contributed by atoms with E-state index in [9.17, 15) is 0 Å². The van der Waals surface area contributed by atoms with Crippen molar-refractivity contribution in [1.29, 1.82) is 0 Å². The molecule has 11 aromatic rings. The van der Waals surface area contributed by atoms with Gasteiger partial charge in [0.15, 0.2) is 0 Å². The van der Waals surface area contributed by atoms with E-state index in [0.29, 0.717) is 0 Å². The minimum absolute atomic E-state index is 0.725. The van der Waals surface area contributed by atoms with Gasteiger partial charge in [0, 0.05) is 68.3 Å². The topological polar surface area (TPSA) is 68.3 Å². The molecule has 0 fully saturated rings. The van der Waals surface area contributed by atoms with Crippen LogP contribution < -0.4 is 43.3 Å². The van der Waals surface area contributed by atoms with E-state index in [2.05, 4.69) is 295 Å². The van der Waals surface area contributed by atoms with Crippen molar-refractivity contribution in [2.45, 2.75) is 40.5 Å². The molecule has 0 radical (unpaired) electrons. The highest BCUT2D eigenvalue weighted by molar-refractivity contribution is 5.83. The van der Waals surface area contributed by atoms with Crippen LogP contribution in [0.2, 0.25) is 0 Å². The molecule has 0 aliphatic rings. The van der Waals surface area contributed by atoms with E-state index in [0.717, 1.165) is 160 Å². The van der Waals surface area contributed by atoms with Crippen molar-refractivity contribution in [3.63, 3.8) is 0 Å². The summed E-state index contributed by atoms with van der Waals surface area (Å²) in [6.45, 7) is 12.6. The van der Waals surface area contributed by atoms with E-state index in [-0.39, 0.29) is 0 Å². The predicted octanol–water partition coefficient (Wildman–Crippen LogP) is 24.9. The van der Waals surface area contributed by atoms with E-state index in [4.69, 9.17) is 28.4 Å². The third kappa shape index (κ3) is 17.7. The maximum atomic E-state index is 5.64. The molecule has 10 heteroatoms. The standard InChI is InChI=1S/C94H90N4O6/c1-12-17-80(38-20-68(5)99-6)97(84-46-28-72(29-47-84)73-30-48-85(49-31-73)98(89-56-66-94(104-11)67-57-89)86-50-32-75(33-51-86)77-36-60-91(101-8)61-37-77)83-42-24-71(25-43-83)70(13-2)23-41-79(15-4)96(88-54-64-93(103-10)65-55-88)81-39-21-69(22-40-81)18-16-19-78(14-3)95(87-52-62-92(102-9)63-53-87)82-44-26-74(27-45-82)76-34-58-90(100-7)59-35-76/h12-14,16-17,19-67H,2,15,18H2,1,3-11H3/b17-12-,19-16-,68-20+,70-23+,78-14+,79-41+,80-38+. The maximum absolute atomic E-state index is 5.64. The molecular weight excluding hydrogens is 1280 g/mol. The minimum Gasteiger partial charge on any atom is -0.501 e. The Morgan fingerprint density at radius 1 is 0.346 bits per heavy atom. The zero-order valence-electron chi connectivity index (χ0n) is 61.0. The zero-order valence-corrected chi connectivity index (χ0v) is 61.0. The van der Waals surface area contributed by atoms with Gasteiger partial charge in [0.2, 0.25) is 0 Å². The highest BCUT2D eigenvalue weighted by atomic mass is 16.5. The minimum atomic E-state index is 0.725. The molecule has 11 aromatic carbocycles. The van der Waals surface area contributed by atoms with Crippen LogP contribution in [0.25, 0.3) is 39.0 Å². The van der Waals surface area contributed by atoms with Crippen molar-refractivity contribution in [2.24, 2.45) is 0 Å². The smallest absolute Gasteiger partial charge is 0.119 e. The van der Waals surface area contributed by atoms with Gasteiger partial charge in [-0.2, -0.15) is 0 Å². The average Bonchev–Trinajstić information content (AvgIpc) is 0.801. The van der Waals surface area contributed by atoms with Gasteiger partial charge in [-0.05, 0) is 284 Å². The fourth-order valence-electron chi connectivity index (χ4n) is 12.5. The second kappa shape index (κ2) is 35.6. The Morgan fingerprint density at radius 2 is 0.663 bits per heavy atom. The molecular formula is C94H90N4O6. The Balaban J connectivity index is 0.841. The van der Waals surface area contributed by atoms with Gasteiger partial charge in [-0.1, -0.05) is 141 Å². The van der Waals surface area contributed by atoms with E-state index < -0.39 is 0 Å². The summed E-state index contributed by atoms with van der Waals surface area (Å²) in [7, 11) is 10.1. The molecule has 0 aliphatic heterocycles. The summed E-state index contributed by atoms with van der Waals surface area (Å²) in [5, 5.41) is 0. The molecule has 0 amide bonds. The molecule has 0 heterocycles. The first-order valence-corrected chi connectivity index (χ1v) is 34.9. The van der Waals surface area contributed by atoms with Gasteiger partial charge in [-0.3, -0.25) is 0 Å². The molecule has 0 aliphatic carbocycles. The Bertz CT molecular complexity index is 4830. The molecule has 11 rings (SSSR count). The molecule has 522 valence electrons. The van der Waals surface area contributed by atoms with E-state index in [1.54, 1.807) is 42.7 Å². The number of benzene rings is 11. The van der Waals surface area contributed by atoms with Gasteiger partial charge in [0.05, 0.1) is 48.4 Å². The predicted molar refractivity (Wildman–Crippen MR) is 436 cm³/mol. The molecule has 104 heavy (non-hydrogen) atoms. The monoisotopic (exact) mass is 1370 g/mol. The van der Waals surface area contributed by atoms with E-state index in [1.807, 2.05) is 86.7 Å². The molecule has 0 unspecified atom stereocenters. The number of ether oxygens (including phenoxy) is 6. The first kappa shape index (κ1) is 72.6. The van der Waals surface area contributed by atoms with Gasteiger partial charge in [0.25, 0.3) is 0 Å². The lowest BCUT2D eigenvalue weighted by Crippen LogP contribution is -2.16. The lowest BCUT2D eigenvalue weighted by molar-refractivity contribution is 0.294. The SMILES string of the molecule is C=C/C(=C\C=C(/CC)N(c1ccc(C/C=C\C(=C/C)N(c2ccc(OC)cc2)c2ccc(-c3ccc(OC)cc3)cc2)cc1)c1ccc(OC)cc1)c1ccc(N(C(/C=C\C)=C/C=C(\C)OC)c2ccc(-c3ccc(N(c4ccc(OC)cc4)c4ccc(-c5ccc(OC)cc5)cc4)cc3)cc2)cc1. The van der Waals surface area contributed by atoms with Gasteiger partial charge in [-0.15, -0.1) is 0 Å². The number of methoxy groups -OCH3 is 6. The molecule has 0 bridgehead atoms. The summed E-state index contributed by atoms with van der Waals surface area (Å²) in [5.74, 6) is 4.84. The van der Waals surface area contributed by atoms with Crippen LogP contribution in [0.4, 0.5) is 51.2 Å². The second-order valence-corrected chi connectivity index (χ2v) is 24.5. The number of rotatable bonds is 30. The summed E-state index contributed by atoms with van der Waals surface area (Å²) >= 11 is 0. The first-order valence-electron chi connectivity index (χ1n) is 34.9. The van der Waals surface area contributed by atoms with Crippen LogP contribution in [0.1, 0.15) is 45.2 Å². The highest BCUT2D eigenvalue weighted by Crippen LogP contribution is 2.41. The molecule has 0 spiro atoms. The second-order valence-electron chi connectivity index (χ2n) is 24.5. The number of hydrogen-bond donors (Lipinski definition) is 0. The van der Waals surface area contributed by atoms with Crippen LogP contribution in [0.3, 0.4) is 0 Å². The van der Waals surface area contributed by atoms with Crippen LogP contribution >= 0.6 is 0 Å². The Labute approximate surface area is 614 Å². The van der Waals surface area contributed by atoms with E-state index >= 15 is 0 Å². The molecule has 0 N–H and O–H groups in total. The van der Waals surface area contributed by atoms with Crippen molar-refractivity contribution in [3.05, 3.63) is 368 Å². The molecule has 0 saturated heterocycles. The summed E-state index contributed by atoms with van der Waals surface area (Å²) in [6, 6.07) is 93.3. The summed E-state index contributed by atoms with van der Waals surface area (Å²) in [6.07, 6.45) is 22.7. The average molecular weight is 1370 g/mol. The highest BCUT2D eigenvalue weighted by Gasteiger charge is 2.20. The van der Waals surface area contributed by atoms with Crippen molar-refractivity contribution in [1.82, 2.24) is 0 Å². The number of allylic oxidation sites excluding steroid dienone is 13. The number of anilines is 9. The molecule has 0 saturated carbocycles. The Kier molecular flexibility index (Phi) is 24.8. The van der Waals surface area contributed by atoms with Crippen molar-refractivity contribution >= 4 is 56.8 Å². The first-order chi connectivity index (χ1) is 51.0. The number of nitrogens with zero attached hydrogens (tertiary/aromatic N) is 4. The molecule has 0 aromatic heterocycles. The fraction of sp³-hybridized carbons (Fsp3) is 0.128. The van der Waals surface area contributed by atoms with Gasteiger partial charge in [-0.25, -0.2) is 0 Å². The largest absolute Gasteiger partial charge is 0.501 e. The molecule has 10 nitrogen and oxygen atoms in total. The van der Waals surface area contributed by atoms with Crippen molar-refractivity contribution in [3.8, 4) is 62.1 Å². The summed E-state index contributed by atoms with van der Waals surface area (Å²) < 4.78 is 33.2.